The standard InChI is InChI=1S/C14H19ClN2O/c1-3-5-8-17(4-2)13(10-16)12-9-11(15)6-7-14(12)18/h6-7,9,13,18H,3-5,8H2,1-2H3. The molecule has 0 aliphatic heterocycles. The van der Waals surface area contributed by atoms with Gasteiger partial charge in [0.25, 0.3) is 0 Å². The van der Waals surface area contributed by atoms with E-state index in [4.69, 9.17) is 11.6 Å². The molecule has 0 aromatic heterocycles. The monoisotopic (exact) mass is 266 g/mol. The predicted octanol–water partition coefficient (Wildman–Crippen LogP) is 3.73. The highest BCUT2D eigenvalue weighted by Gasteiger charge is 2.21. The zero-order valence-electron chi connectivity index (χ0n) is 10.9. The number of nitrogens with zero attached hydrogens (tertiary/aromatic N) is 2. The van der Waals surface area contributed by atoms with E-state index in [0.717, 1.165) is 25.9 Å². The molecule has 1 aromatic carbocycles. The van der Waals surface area contributed by atoms with E-state index in [1.54, 1.807) is 12.1 Å². The van der Waals surface area contributed by atoms with Crippen molar-refractivity contribution < 1.29 is 5.11 Å². The molecule has 0 aliphatic carbocycles. The Morgan fingerprint density at radius 3 is 2.72 bits per heavy atom. The molecule has 0 amide bonds. The molecule has 1 N–H and O–H groups in total. The number of rotatable bonds is 6. The van der Waals surface area contributed by atoms with Crippen molar-refractivity contribution in [2.45, 2.75) is 32.7 Å². The van der Waals surface area contributed by atoms with Gasteiger partial charge in [-0.05, 0) is 37.7 Å². The molecule has 0 heterocycles. The number of phenolic OH excluding ortho intramolecular Hbond substituents is 1. The van der Waals surface area contributed by atoms with Crippen LogP contribution >= 0.6 is 11.6 Å². The molecular formula is C14H19ClN2O. The lowest BCUT2D eigenvalue weighted by molar-refractivity contribution is 0.241. The average Bonchev–Trinajstić information content (AvgIpc) is 2.38. The van der Waals surface area contributed by atoms with E-state index in [0.29, 0.717) is 10.6 Å². The van der Waals surface area contributed by atoms with Crippen LogP contribution in [0.3, 0.4) is 0 Å². The van der Waals surface area contributed by atoms with Crippen LogP contribution in [0.2, 0.25) is 5.02 Å². The second kappa shape index (κ2) is 7.25. The van der Waals surface area contributed by atoms with Gasteiger partial charge in [-0.1, -0.05) is 31.9 Å². The fourth-order valence-electron chi connectivity index (χ4n) is 1.92. The van der Waals surface area contributed by atoms with Gasteiger partial charge in [0.1, 0.15) is 11.8 Å². The van der Waals surface area contributed by atoms with Gasteiger partial charge in [0.05, 0.1) is 6.07 Å². The summed E-state index contributed by atoms with van der Waals surface area (Å²) >= 11 is 5.93. The molecular weight excluding hydrogens is 248 g/mol. The van der Waals surface area contributed by atoms with Crippen LogP contribution in [0.5, 0.6) is 5.75 Å². The number of halogens is 1. The topological polar surface area (TPSA) is 47.3 Å². The van der Waals surface area contributed by atoms with Gasteiger partial charge in [-0.2, -0.15) is 5.26 Å². The summed E-state index contributed by atoms with van der Waals surface area (Å²) in [7, 11) is 0. The van der Waals surface area contributed by atoms with E-state index >= 15 is 0 Å². The summed E-state index contributed by atoms with van der Waals surface area (Å²) in [4.78, 5) is 2.05. The first kappa shape index (κ1) is 14.8. The maximum Gasteiger partial charge on any atom is 0.127 e. The smallest absolute Gasteiger partial charge is 0.127 e. The lowest BCUT2D eigenvalue weighted by atomic mass is 10.0. The maximum atomic E-state index is 9.87. The third kappa shape index (κ3) is 3.63. The Morgan fingerprint density at radius 1 is 1.44 bits per heavy atom. The minimum Gasteiger partial charge on any atom is -0.508 e. The molecule has 1 atom stereocenters. The van der Waals surface area contributed by atoms with E-state index in [9.17, 15) is 10.4 Å². The first-order valence-corrected chi connectivity index (χ1v) is 6.63. The van der Waals surface area contributed by atoms with Crippen molar-refractivity contribution >= 4 is 11.6 Å². The zero-order chi connectivity index (χ0) is 13.5. The first-order valence-electron chi connectivity index (χ1n) is 6.26. The van der Waals surface area contributed by atoms with Crippen molar-refractivity contribution in [1.29, 1.82) is 5.26 Å². The summed E-state index contributed by atoms with van der Waals surface area (Å²) in [6, 6.07) is 6.63. The average molecular weight is 267 g/mol. The summed E-state index contributed by atoms with van der Waals surface area (Å²) in [6.07, 6.45) is 2.11. The van der Waals surface area contributed by atoms with Crippen molar-refractivity contribution in [2.24, 2.45) is 0 Å². The van der Waals surface area contributed by atoms with E-state index in [1.165, 1.54) is 6.07 Å². The predicted molar refractivity (Wildman–Crippen MR) is 73.6 cm³/mol. The molecule has 1 aromatic rings. The second-order valence-electron chi connectivity index (χ2n) is 4.22. The van der Waals surface area contributed by atoms with Crippen LogP contribution in [-0.4, -0.2) is 23.1 Å². The molecule has 0 saturated carbocycles. The minimum atomic E-state index is -0.444. The number of unbranched alkanes of at least 4 members (excludes halogenated alkanes) is 1. The minimum absolute atomic E-state index is 0.126. The quantitative estimate of drug-likeness (QED) is 0.853. The summed E-state index contributed by atoms with van der Waals surface area (Å²) < 4.78 is 0. The molecule has 0 bridgehead atoms. The van der Waals surface area contributed by atoms with Crippen molar-refractivity contribution in [3.05, 3.63) is 28.8 Å². The van der Waals surface area contributed by atoms with Gasteiger partial charge < -0.3 is 5.11 Å². The molecule has 0 saturated heterocycles. The normalized spacial score (nSPS) is 12.4. The highest BCUT2D eigenvalue weighted by atomic mass is 35.5. The first-order chi connectivity index (χ1) is 8.63. The molecule has 0 aliphatic rings. The van der Waals surface area contributed by atoms with Gasteiger partial charge in [-0.15, -0.1) is 0 Å². The Hall–Kier alpha value is -1.24. The number of nitriles is 1. The second-order valence-corrected chi connectivity index (χ2v) is 4.65. The van der Waals surface area contributed by atoms with E-state index in [-0.39, 0.29) is 5.75 Å². The largest absolute Gasteiger partial charge is 0.508 e. The molecule has 4 heteroatoms. The highest BCUT2D eigenvalue weighted by Crippen LogP contribution is 2.30. The van der Waals surface area contributed by atoms with Crippen molar-refractivity contribution in [3.8, 4) is 11.8 Å². The number of phenols is 1. The van der Waals surface area contributed by atoms with Crippen LogP contribution < -0.4 is 0 Å². The molecule has 98 valence electrons. The fourth-order valence-corrected chi connectivity index (χ4v) is 2.10. The third-order valence-electron chi connectivity index (χ3n) is 2.98. The third-order valence-corrected chi connectivity index (χ3v) is 3.21. The van der Waals surface area contributed by atoms with Gasteiger partial charge in [-0.3, -0.25) is 4.90 Å². The van der Waals surface area contributed by atoms with Crippen LogP contribution in [0, 0.1) is 11.3 Å². The number of hydrogen-bond donors (Lipinski definition) is 1. The summed E-state index contributed by atoms with van der Waals surface area (Å²) in [5, 5.41) is 19.8. The van der Waals surface area contributed by atoms with E-state index in [1.807, 2.05) is 6.92 Å². The Labute approximate surface area is 114 Å². The van der Waals surface area contributed by atoms with Crippen LogP contribution in [-0.2, 0) is 0 Å². The Morgan fingerprint density at radius 2 is 2.17 bits per heavy atom. The molecule has 0 fully saturated rings. The van der Waals surface area contributed by atoms with Gasteiger partial charge in [-0.25, -0.2) is 0 Å². The van der Waals surface area contributed by atoms with Gasteiger partial charge in [0.2, 0.25) is 0 Å². The SMILES string of the molecule is CCCCN(CC)C(C#N)c1cc(Cl)ccc1O. The van der Waals surface area contributed by atoms with Crippen LogP contribution in [0.4, 0.5) is 0 Å². The van der Waals surface area contributed by atoms with Crippen molar-refractivity contribution in [3.63, 3.8) is 0 Å². The van der Waals surface area contributed by atoms with Gasteiger partial charge in [0, 0.05) is 10.6 Å². The lowest BCUT2D eigenvalue weighted by Gasteiger charge is -2.26. The summed E-state index contributed by atoms with van der Waals surface area (Å²) in [6.45, 7) is 5.75. The Bertz CT molecular complexity index is 428. The van der Waals surface area contributed by atoms with Crippen LogP contribution in [0.15, 0.2) is 18.2 Å². The van der Waals surface area contributed by atoms with E-state index < -0.39 is 6.04 Å². The van der Waals surface area contributed by atoms with Crippen molar-refractivity contribution in [2.75, 3.05) is 13.1 Å². The number of hydrogen-bond acceptors (Lipinski definition) is 3. The van der Waals surface area contributed by atoms with E-state index in [2.05, 4.69) is 17.9 Å². The molecule has 3 nitrogen and oxygen atoms in total. The maximum absolute atomic E-state index is 9.87. The van der Waals surface area contributed by atoms with Gasteiger partial charge in [0.15, 0.2) is 0 Å². The molecule has 0 radical (unpaired) electrons. The van der Waals surface area contributed by atoms with Gasteiger partial charge >= 0.3 is 0 Å². The summed E-state index contributed by atoms with van der Waals surface area (Å²) in [5.74, 6) is 0.126. The highest BCUT2D eigenvalue weighted by molar-refractivity contribution is 6.30. The molecule has 18 heavy (non-hydrogen) atoms. The molecule has 0 spiro atoms. The zero-order valence-corrected chi connectivity index (χ0v) is 11.6. The fraction of sp³-hybridized carbons (Fsp3) is 0.500. The van der Waals surface area contributed by atoms with Crippen LogP contribution in [0.1, 0.15) is 38.3 Å². The molecule has 1 rings (SSSR count). The van der Waals surface area contributed by atoms with Crippen molar-refractivity contribution in [1.82, 2.24) is 4.90 Å². The number of aromatic hydroxyl groups is 1. The number of benzene rings is 1. The lowest BCUT2D eigenvalue weighted by Crippen LogP contribution is -2.28. The van der Waals surface area contributed by atoms with Crippen LogP contribution in [0.25, 0.3) is 0 Å². The molecule has 1 unspecified atom stereocenters. The Kier molecular flexibility index (Phi) is 5.97. The summed E-state index contributed by atoms with van der Waals surface area (Å²) in [5.41, 5.74) is 0.586. The Balaban J connectivity index is 3.00.